The van der Waals surface area contributed by atoms with E-state index in [1.54, 1.807) is 19.1 Å². The lowest BCUT2D eigenvalue weighted by Gasteiger charge is -2.40. The molecule has 0 N–H and O–H groups in total. The zero-order valence-electron chi connectivity index (χ0n) is 16.1. The summed E-state index contributed by atoms with van der Waals surface area (Å²) in [6.45, 7) is 1.72. The average molecular weight is 508 g/mol. The highest BCUT2D eigenvalue weighted by atomic mass is 32.5. The smallest absolute Gasteiger partial charge is 0.429 e. The van der Waals surface area contributed by atoms with E-state index in [4.69, 9.17) is 0 Å². The highest BCUT2D eigenvalue weighted by molar-refractivity contribution is 8.45. The van der Waals surface area contributed by atoms with Crippen LogP contribution in [0.5, 0.6) is 5.75 Å². The first kappa shape index (κ1) is 24.7. The number of rotatable bonds is 5. The maximum Gasteiger partial charge on any atom is 0.432 e. The van der Waals surface area contributed by atoms with Gasteiger partial charge >= 0.3 is 16.3 Å². The van der Waals surface area contributed by atoms with Gasteiger partial charge in [-0.2, -0.15) is 8.78 Å². The van der Waals surface area contributed by atoms with E-state index in [0.717, 1.165) is 5.56 Å². The Hall–Kier alpha value is -2.96. The summed E-state index contributed by atoms with van der Waals surface area (Å²) in [5.74, 6) is -11.3. The summed E-state index contributed by atoms with van der Waals surface area (Å²) in [4.78, 5) is -3.56. The topological polar surface area (TPSA) is 9.23 Å². The van der Waals surface area contributed by atoms with Crippen molar-refractivity contribution in [2.24, 2.45) is 0 Å². The SMILES string of the molecule is Cc1ccc(-c2cc(F)c(C(F)(F)Oc3cc(F)c(S(F)(F)(F)(F)F)c(F)c3)c(F)c2)cc1. The minimum atomic E-state index is -10.9. The Labute approximate surface area is 179 Å². The van der Waals surface area contributed by atoms with Gasteiger partial charge in [0, 0.05) is 12.1 Å². The molecule has 0 aliphatic heterocycles. The lowest BCUT2D eigenvalue weighted by atomic mass is 10.0. The molecule has 0 aliphatic rings. The zero-order valence-corrected chi connectivity index (χ0v) is 16.9. The van der Waals surface area contributed by atoms with Crippen molar-refractivity contribution < 1.29 is 50.5 Å². The van der Waals surface area contributed by atoms with Crippen LogP contribution in [0.2, 0.25) is 0 Å². The molecule has 180 valence electrons. The number of halogens is 11. The summed E-state index contributed by atoms with van der Waals surface area (Å²) in [5.41, 5.74) is -1.12. The first-order valence-electron chi connectivity index (χ1n) is 8.65. The van der Waals surface area contributed by atoms with Crippen LogP contribution in [0, 0.1) is 30.2 Å². The summed E-state index contributed by atoms with van der Waals surface area (Å²) in [7, 11) is -10.9. The first-order valence-corrected chi connectivity index (χ1v) is 10.6. The highest BCUT2D eigenvalue weighted by Crippen LogP contribution is 3.02. The molecule has 0 atom stereocenters. The minimum Gasteiger partial charge on any atom is -0.429 e. The monoisotopic (exact) mass is 508 g/mol. The summed E-state index contributed by atoms with van der Waals surface area (Å²) >= 11 is 0. The van der Waals surface area contributed by atoms with Gasteiger partial charge in [0.25, 0.3) is 0 Å². The molecule has 0 aliphatic carbocycles. The molecule has 13 heteroatoms. The second-order valence-corrected chi connectivity index (χ2v) is 9.33. The molecule has 0 spiro atoms. The van der Waals surface area contributed by atoms with E-state index in [-0.39, 0.29) is 11.1 Å². The largest absolute Gasteiger partial charge is 0.432 e. The Bertz CT molecular complexity index is 1190. The maximum absolute atomic E-state index is 14.4. The van der Waals surface area contributed by atoms with Crippen LogP contribution in [-0.2, 0) is 6.11 Å². The Balaban J connectivity index is 2.01. The van der Waals surface area contributed by atoms with Gasteiger partial charge in [-0.05, 0) is 30.2 Å². The fourth-order valence-electron chi connectivity index (χ4n) is 2.93. The van der Waals surface area contributed by atoms with Crippen LogP contribution in [0.15, 0.2) is 53.4 Å². The number of ether oxygens (including phenoxy) is 1. The first-order chi connectivity index (χ1) is 14.8. The highest BCUT2D eigenvalue weighted by Gasteiger charge is 2.69. The van der Waals surface area contributed by atoms with Crippen molar-refractivity contribution in [1.82, 2.24) is 0 Å². The maximum atomic E-state index is 14.4. The predicted molar refractivity (Wildman–Crippen MR) is 98.8 cm³/mol. The van der Waals surface area contributed by atoms with Gasteiger partial charge in [0.15, 0.2) is 16.5 Å². The molecule has 0 amide bonds. The fourth-order valence-corrected chi connectivity index (χ4v) is 3.78. The van der Waals surface area contributed by atoms with E-state index in [0.29, 0.717) is 12.1 Å². The van der Waals surface area contributed by atoms with Crippen LogP contribution in [0.4, 0.5) is 45.8 Å². The van der Waals surface area contributed by atoms with Crippen molar-refractivity contribution >= 4 is 10.2 Å². The van der Waals surface area contributed by atoms with E-state index in [9.17, 15) is 45.8 Å². The van der Waals surface area contributed by atoms with Gasteiger partial charge in [-0.25, -0.2) is 17.6 Å². The molecule has 0 heterocycles. The molecule has 3 aromatic carbocycles. The van der Waals surface area contributed by atoms with Crippen LogP contribution in [0.3, 0.4) is 0 Å². The molecule has 0 bridgehead atoms. The third kappa shape index (κ3) is 5.18. The van der Waals surface area contributed by atoms with Crippen molar-refractivity contribution in [2.75, 3.05) is 0 Å². The van der Waals surface area contributed by atoms with Gasteiger partial charge in [0.05, 0.1) is 0 Å². The summed E-state index contributed by atoms with van der Waals surface area (Å²) in [5, 5.41) is 0. The average Bonchev–Trinajstić information content (AvgIpc) is 2.57. The van der Waals surface area contributed by atoms with Crippen molar-refractivity contribution in [3.05, 3.63) is 82.9 Å². The Morgan fingerprint density at radius 3 is 1.55 bits per heavy atom. The quantitative estimate of drug-likeness (QED) is 0.313. The molecule has 1 nitrogen and oxygen atoms in total. The van der Waals surface area contributed by atoms with Gasteiger partial charge in [0.1, 0.15) is 22.9 Å². The summed E-state index contributed by atoms with van der Waals surface area (Å²) in [6.07, 6.45) is -4.99. The third-order valence-corrected chi connectivity index (χ3v) is 5.48. The van der Waals surface area contributed by atoms with Crippen molar-refractivity contribution in [2.45, 2.75) is 17.9 Å². The second kappa shape index (κ2) is 7.02. The minimum absolute atomic E-state index is 0.151. The van der Waals surface area contributed by atoms with E-state index < -0.39 is 67.9 Å². The van der Waals surface area contributed by atoms with Crippen molar-refractivity contribution in [3.63, 3.8) is 0 Å². The van der Waals surface area contributed by atoms with Gasteiger partial charge < -0.3 is 4.74 Å². The van der Waals surface area contributed by atoms with Crippen LogP contribution in [0.25, 0.3) is 11.1 Å². The Kier molecular flexibility index (Phi) is 5.25. The number of alkyl halides is 2. The predicted octanol–water partition coefficient (Wildman–Crippen LogP) is 9.00. The Morgan fingerprint density at radius 2 is 1.12 bits per heavy atom. The molecule has 0 saturated heterocycles. The second-order valence-electron chi connectivity index (χ2n) is 6.98. The van der Waals surface area contributed by atoms with E-state index >= 15 is 0 Å². The molecule has 33 heavy (non-hydrogen) atoms. The van der Waals surface area contributed by atoms with Crippen LogP contribution >= 0.6 is 10.2 Å². The van der Waals surface area contributed by atoms with Crippen LogP contribution in [-0.4, -0.2) is 0 Å². The van der Waals surface area contributed by atoms with Crippen LogP contribution < -0.4 is 4.74 Å². The molecule has 0 fully saturated rings. The fraction of sp³-hybridized carbons (Fsp3) is 0.100. The number of aryl methyl sites for hydroxylation is 1. The van der Waals surface area contributed by atoms with E-state index in [2.05, 4.69) is 4.74 Å². The molecule has 0 saturated carbocycles. The van der Waals surface area contributed by atoms with E-state index in [1.165, 1.54) is 12.1 Å². The van der Waals surface area contributed by atoms with Crippen molar-refractivity contribution in [1.29, 1.82) is 0 Å². The zero-order chi connectivity index (χ0) is 25.0. The molecule has 0 aromatic heterocycles. The van der Waals surface area contributed by atoms with Crippen LogP contribution in [0.1, 0.15) is 11.1 Å². The molecular formula is C20H11F11OS. The molecule has 3 aromatic rings. The number of hydrogen-bond acceptors (Lipinski definition) is 1. The lowest BCUT2D eigenvalue weighted by molar-refractivity contribution is -0.189. The van der Waals surface area contributed by atoms with Gasteiger partial charge in [-0.1, -0.05) is 49.3 Å². The third-order valence-electron chi connectivity index (χ3n) is 4.32. The molecular weight excluding hydrogens is 497 g/mol. The normalized spacial score (nSPS) is 14.5. The number of hydrogen-bond donors (Lipinski definition) is 0. The van der Waals surface area contributed by atoms with Crippen molar-refractivity contribution in [3.8, 4) is 16.9 Å². The molecule has 0 radical (unpaired) electrons. The molecule has 3 rings (SSSR count). The van der Waals surface area contributed by atoms with Gasteiger partial charge in [-0.15, -0.1) is 0 Å². The Morgan fingerprint density at radius 1 is 0.667 bits per heavy atom. The summed E-state index contributed by atoms with van der Waals surface area (Å²) < 4.78 is 152. The van der Waals surface area contributed by atoms with E-state index in [1.807, 2.05) is 0 Å². The summed E-state index contributed by atoms with van der Waals surface area (Å²) in [6, 6.07) is 5.89. The molecule has 0 unspecified atom stereocenters. The van der Waals surface area contributed by atoms with Gasteiger partial charge in [-0.3, -0.25) is 0 Å². The number of benzene rings is 3. The van der Waals surface area contributed by atoms with Gasteiger partial charge in [0.2, 0.25) is 0 Å². The standard InChI is InChI=1S/C20H11F11OS/c1-10-2-4-11(5-3-10)12-6-14(21)18(15(22)7-12)20(25,26)32-13-8-16(23)19(17(24)9-13)33(27,28,29,30)31/h2-9H,1H3. The lowest BCUT2D eigenvalue weighted by Crippen LogP contribution is -2.25.